The highest BCUT2D eigenvalue weighted by atomic mass is 32.1. The summed E-state index contributed by atoms with van der Waals surface area (Å²) >= 11 is 7.64. The summed E-state index contributed by atoms with van der Waals surface area (Å²) in [7, 11) is 0. The molecule has 0 heterocycles. The zero-order valence-corrected chi connectivity index (χ0v) is 14.3. The molecule has 120 valence electrons. The molecule has 0 atom stereocenters. The van der Waals surface area contributed by atoms with E-state index in [-0.39, 0.29) is 12.4 Å². The van der Waals surface area contributed by atoms with E-state index in [1.54, 1.807) is 0 Å². The number of esters is 1. The minimum Gasteiger partial charge on any atom is -0.481 e. The Labute approximate surface area is 133 Å². The van der Waals surface area contributed by atoms with Gasteiger partial charge in [0, 0.05) is 11.5 Å². The maximum atomic E-state index is 10.9. The van der Waals surface area contributed by atoms with E-state index in [1.165, 1.54) is 12.8 Å². The monoisotopic (exact) mass is 324 g/mol. The molecule has 1 N–H and O–H groups in total. The van der Waals surface area contributed by atoms with E-state index in [9.17, 15) is 9.59 Å². The van der Waals surface area contributed by atoms with E-state index in [1.807, 2.05) is 0 Å². The molecule has 0 saturated heterocycles. The Morgan fingerprint density at radius 2 is 1.65 bits per heavy atom. The first kappa shape index (κ1) is 21.9. The average Bonchev–Trinajstić information content (AvgIpc) is 2.34. The lowest BCUT2D eigenvalue weighted by Gasteiger charge is -2.05. The molecule has 0 spiro atoms. The van der Waals surface area contributed by atoms with E-state index in [4.69, 9.17) is 9.84 Å². The van der Waals surface area contributed by atoms with Gasteiger partial charge in [0.1, 0.15) is 0 Å². The zero-order valence-electron chi connectivity index (χ0n) is 12.5. The molecular weight excluding hydrogens is 296 g/mol. The summed E-state index contributed by atoms with van der Waals surface area (Å²) in [5.41, 5.74) is 0. The number of carboxylic acids is 1. The molecular formula is C14H28O4S2. The van der Waals surface area contributed by atoms with Crippen LogP contribution in [-0.4, -0.2) is 35.2 Å². The quantitative estimate of drug-likeness (QED) is 0.327. The van der Waals surface area contributed by atoms with Crippen molar-refractivity contribution in [1.29, 1.82) is 0 Å². The van der Waals surface area contributed by atoms with Crippen molar-refractivity contribution in [2.45, 2.75) is 52.4 Å². The fraction of sp³-hybridized carbons (Fsp3) is 0.857. The summed E-state index contributed by atoms with van der Waals surface area (Å²) in [6, 6.07) is 0. The molecule has 0 aliphatic heterocycles. The molecule has 0 aromatic carbocycles. The van der Waals surface area contributed by atoms with E-state index >= 15 is 0 Å². The summed E-state index contributed by atoms with van der Waals surface area (Å²) < 4.78 is 5.00. The topological polar surface area (TPSA) is 63.6 Å². The Bertz CT molecular complexity index is 245. The van der Waals surface area contributed by atoms with Gasteiger partial charge >= 0.3 is 11.9 Å². The number of rotatable bonds is 10. The molecule has 6 heteroatoms. The third-order valence-electron chi connectivity index (χ3n) is 2.33. The summed E-state index contributed by atoms with van der Waals surface area (Å²) in [5, 5.41) is 7.86. The van der Waals surface area contributed by atoms with Gasteiger partial charge < -0.3 is 9.84 Å². The van der Waals surface area contributed by atoms with Crippen molar-refractivity contribution < 1.29 is 19.4 Å². The molecule has 0 unspecified atom stereocenters. The summed E-state index contributed by atoms with van der Waals surface area (Å²) in [6.07, 6.45) is 5.24. The number of carbonyl (C=O) groups excluding carboxylic acids is 1. The Kier molecular flexibility index (Phi) is 18.3. The number of thiol groups is 2. The Morgan fingerprint density at radius 1 is 1.05 bits per heavy atom. The van der Waals surface area contributed by atoms with Crippen LogP contribution in [0.5, 0.6) is 0 Å². The molecule has 0 bridgehead atoms. The summed E-state index contributed by atoms with van der Waals surface area (Å²) in [4.78, 5) is 20.5. The van der Waals surface area contributed by atoms with Crippen molar-refractivity contribution in [2.24, 2.45) is 5.92 Å². The fourth-order valence-corrected chi connectivity index (χ4v) is 1.65. The van der Waals surface area contributed by atoms with Gasteiger partial charge in [0.25, 0.3) is 0 Å². The van der Waals surface area contributed by atoms with Crippen LogP contribution in [0.3, 0.4) is 0 Å². The molecule has 0 amide bonds. The van der Waals surface area contributed by atoms with Gasteiger partial charge in [-0.25, -0.2) is 0 Å². The molecule has 0 aliphatic carbocycles. The largest absolute Gasteiger partial charge is 0.481 e. The number of ether oxygens (including phenoxy) is 1. The second-order valence-electron chi connectivity index (χ2n) is 4.80. The number of hydrogen-bond acceptors (Lipinski definition) is 5. The number of carbonyl (C=O) groups is 2. The van der Waals surface area contributed by atoms with Crippen molar-refractivity contribution >= 4 is 37.2 Å². The second-order valence-corrected chi connectivity index (χ2v) is 5.70. The van der Waals surface area contributed by atoms with Gasteiger partial charge in [-0.05, 0) is 12.3 Å². The number of unbranched alkanes of at least 4 members (excludes halogenated alkanes) is 2. The minimum atomic E-state index is -0.787. The molecule has 0 aliphatic rings. The molecule has 0 rings (SSSR count). The number of aliphatic carboxylic acids is 1. The van der Waals surface area contributed by atoms with Gasteiger partial charge in [-0.15, -0.1) is 0 Å². The van der Waals surface area contributed by atoms with E-state index in [0.29, 0.717) is 24.5 Å². The highest BCUT2D eigenvalue weighted by Crippen LogP contribution is 2.08. The van der Waals surface area contributed by atoms with Crippen molar-refractivity contribution in [3.05, 3.63) is 0 Å². The Balaban J connectivity index is 0. The van der Waals surface area contributed by atoms with Crippen molar-refractivity contribution in [3.8, 4) is 0 Å². The predicted octanol–water partition coefficient (Wildman–Crippen LogP) is 3.46. The number of carboxylic acid groups (broad SMARTS) is 1. The molecule has 0 aromatic rings. The third-order valence-corrected chi connectivity index (χ3v) is 2.78. The highest BCUT2D eigenvalue weighted by Gasteiger charge is 2.00. The molecule has 4 nitrogen and oxygen atoms in total. The van der Waals surface area contributed by atoms with Crippen LogP contribution in [0.4, 0.5) is 0 Å². The van der Waals surface area contributed by atoms with Gasteiger partial charge in [-0.1, -0.05) is 33.1 Å². The van der Waals surface area contributed by atoms with E-state index in [0.717, 1.165) is 18.8 Å². The van der Waals surface area contributed by atoms with Gasteiger partial charge in [-0.3, -0.25) is 9.59 Å². The summed E-state index contributed by atoms with van der Waals surface area (Å²) in [6.45, 7) is 5.03. The average molecular weight is 325 g/mol. The normalized spacial score (nSPS) is 9.85. The van der Waals surface area contributed by atoms with Crippen LogP contribution in [0.25, 0.3) is 0 Å². The summed E-state index contributed by atoms with van der Waals surface area (Å²) in [5.74, 6) is 0.872. The fourth-order valence-electron chi connectivity index (χ4n) is 1.28. The maximum absolute atomic E-state index is 10.9. The molecule has 0 saturated carbocycles. The smallest absolute Gasteiger partial charge is 0.306 e. The Morgan fingerprint density at radius 3 is 2.05 bits per heavy atom. The van der Waals surface area contributed by atoms with Gasteiger partial charge in [0.05, 0.1) is 19.4 Å². The first-order valence-electron chi connectivity index (χ1n) is 7.03. The number of hydrogen-bond donors (Lipinski definition) is 3. The second kappa shape index (κ2) is 16.7. The highest BCUT2D eigenvalue weighted by molar-refractivity contribution is 7.80. The Hall–Kier alpha value is -0.360. The van der Waals surface area contributed by atoms with Gasteiger partial charge in [0.15, 0.2) is 0 Å². The minimum absolute atomic E-state index is 0.121. The van der Waals surface area contributed by atoms with E-state index in [2.05, 4.69) is 39.1 Å². The zero-order chi connectivity index (χ0) is 15.8. The predicted molar refractivity (Wildman–Crippen MR) is 88.8 cm³/mol. The lowest BCUT2D eigenvalue weighted by Crippen LogP contribution is -2.06. The van der Waals surface area contributed by atoms with Crippen LogP contribution in [0.2, 0.25) is 0 Å². The van der Waals surface area contributed by atoms with E-state index < -0.39 is 5.97 Å². The van der Waals surface area contributed by atoms with Crippen LogP contribution < -0.4 is 0 Å². The molecule has 0 aromatic heterocycles. The van der Waals surface area contributed by atoms with Gasteiger partial charge in [0.2, 0.25) is 0 Å². The lowest BCUT2D eigenvalue weighted by molar-refractivity contribution is -0.143. The molecule has 0 radical (unpaired) electrons. The van der Waals surface area contributed by atoms with Crippen LogP contribution >= 0.6 is 25.3 Å². The van der Waals surface area contributed by atoms with Crippen LogP contribution in [0.1, 0.15) is 52.4 Å². The first-order valence-corrected chi connectivity index (χ1v) is 8.29. The lowest BCUT2D eigenvalue weighted by atomic mass is 10.1. The van der Waals surface area contributed by atoms with Crippen LogP contribution in [0, 0.1) is 5.92 Å². The van der Waals surface area contributed by atoms with Crippen molar-refractivity contribution in [2.75, 3.05) is 18.1 Å². The third kappa shape index (κ3) is 22.8. The first-order chi connectivity index (χ1) is 9.43. The SMILES string of the molecule is CC(C)CCCCCOC(=O)CCS.O=C(O)CCS. The van der Waals surface area contributed by atoms with Crippen LogP contribution in [0.15, 0.2) is 0 Å². The van der Waals surface area contributed by atoms with Crippen molar-refractivity contribution in [1.82, 2.24) is 0 Å². The van der Waals surface area contributed by atoms with Gasteiger partial charge in [-0.2, -0.15) is 25.3 Å². The van der Waals surface area contributed by atoms with Crippen LogP contribution in [-0.2, 0) is 14.3 Å². The molecule has 20 heavy (non-hydrogen) atoms. The standard InChI is InChI=1S/C11H22O2S.C3H6O2S/c1-10(2)6-4-3-5-8-13-11(12)7-9-14;4-3(5)1-2-6/h10,14H,3-9H2,1-2H3;6H,1-2H2,(H,4,5). The van der Waals surface area contributed by atoms with Crippen molar-refractivity contribution in [3.63, 3.8) is 0 Å². The molecule has 0 fully saturated rings. The maximum Gasteiger partial charge on any atom is 0.306 e.